The molecule has 1 aromatic carbocycles. The van der Waals surface area contributed by atoms with Crippen molar-refractivity contribution in [2.24, 2.45) is 0 Å². The minimum atomic E-state index is -0.175. The van der Waals surface area contributed by atoms with Crippen LogP contribution in [-0.2, 0) is 6.42 Å². The van der Waals surface area contributed by atoms with Crippen LogP contribution in [0.1, 0.15) is 32.3 Å². The number of unbranched alkanes of at least 4 members (excludes halogenated alkanes) is 1. The highest BCUT2D eigenvalue weighted by Gasteiger charge is 2.30. The molecule has 1 aliphatic heterocycles. The zero-order valence-electron chi connectivity index (χ0n) is 14.4. The smallest absolute Gasteiger partial charge is 0.317 e. The van der Waals surface area contributed by atoms with E-state index in [1.165, 1.54) is 17.7 Å². The minimum Gasteiger partial charge on any atom is -0.341 e. The van der Waals surface area contributed by atoms with Crippen LogP contribution in [0.5, 0.6) is 0 Å². The summed E-state index contributed by atoms with van der Waals surface area (Å²) in [5.74, 6) is -0.175. The summed E-state index contributed by atoms with van der Waals surface area (Å²) in [6, 6.07) is 7.41. The number of aryl methyl sites for hydroxylation is 1. The first-order valence-electron chi connectivity index (χ1n) is 8.48. The van der Waals surface area contributed by atoms with E-state index in [1.807, 2.05) is 17.0 Å². The van der Waals surface area contributed by atoms with E-state index in [4.69, 9.17) is 0 Å². The first-order valence-corrected chi connectivity index (χ1v) is 8.48. The van der Waals surface area contributed by atoms with E-state index in [0.717, 1.165) is 38.9 Å². The summed E-state index contributed by atoms with van der Waals surface area (Å²) < 4.78 is 12.9. The van der Waals surface area contributed by atoms with Gasteiger partial charge in [-0.15, -0.1) is 0 Å². The van der Waals surface area contributed by atoms with E-state index >= 15 is 0 Å². The number of nitrogens with one attached hydrogen (secondary N) is 1. The van der Waals surface area contributed by atoms with Crippen LogP contribution >= 0.6 is 0 Å². The van der Waals surface area contributed by atoms with E-state index in [0.29, 0.717) is 6.04 Å². The number of piperazine rings is 1. The number of urea groups is 1. The van der Waals surface area contributed by atoms with Crippen LogP contribution in [0.15, 0.2) is 24.3 Å². The van der Waals surface area contributed by atoms with Crippen molar-refractivity contribution in [3.05, 3.63) is 35.6 Å². The second-order valence-electron chi connectivity index (χ2n) is 6.48. The first-order chi connectivity index (χ1) is 11.0. The molecule has 4 nitrogen and oxygen atoms in total. The van der Waals surface area contributed by atoms with Gasteiger partial charge >= 0.3 is 6.03 Å². The average molecular weight is 321 g/mol. The molecule has 1 heterocycles. The monoisotopic (exact) mass is 321 g/mol. The molecule has 0 unspecified atom stereocenters. The lowest BCUT2D eigenvalue weighted by Gasteiger charge is -2.44. The van der Waals surface area contributed by atoms with Crippen molar-refractivity contribution in [1.82, 2.24) is 15.1 Å². The lowest BCUT2D eigenvalue weighted by molar-refractivity contribution is 0.0629. The predicted molar refractivity (Wildman–Crippen MR) is 91.0 cm³/mol. The van der Waals surface area contributed by atoms with Crippen molar-refractivity contribution in [1.29, 1.82) is 0 Å². The topological polar surface area (TPSA) is 35.6 Å². The Morgan fingerprint density at radius 1 is 1.17 bits per heavy atom. The molecule has 1 aliphatic rings. The van der Waals surface area contributed by atoms with Crippen molar-refractivity contribution >= 4 is 6.03 Å². The van der Waals surface area contributed by atoms with Gasteiger partial charge in [0, 0.05) is 32.2 Å². The molecule has 5 heteroatoms. The van der Waals surface area contributed by atoms with Gasteiger partial charge < -0.3 is 10.2 Å². The molecule has 2 atom stereocenters. The zero-order valence-corrected chi connectivity index (χ0v) is 14.4. The number of hydrogen-bond donors (Lipinski definition) is 1. The van der Waals surface area contributed by atoms with Gasteiger partial charge in [-0.3, -0.25) is 4.90 Å². The second-order valence-corrected chi connectivity index (χ2v) is 6.48. The second kappa shape index (κ2) is 8.29. The molecule has 0 spiro atoms. The van der Waals surface area contributed by atoms with E-state index in [1.54, 1.807) is 7.05 Å². The minimum absolute atomic E-state index is 0.0142. The molecule has 0 bridgehead atoms. The summed E-state index contributed by atoms with van der Waals surface area (Å²) in [6.07, 6.45) is 3.21. The molecule has 0 aliphatic carbocycles. The molecule has 1 fully saturated rings. The number of carbonyl (C=O) groups excluding carboxylic acids is 1. The Hall–Kier alpha value is -1.62. The number of halogens is 1. The van der Waals surface area contributed by atoms with Crippen LogP contribution in [0.4, 0.5) is 9.18 Å². The Kier molecular flexibility index (Phi) is 6.39. The molecule has 128 valence electrons. The van der Waals surface area contributed by atoms with E-state index in [9.17, 15) is 9.18 Å². The van der Waals surface area contributed by atoms with Gasteiger partial charge in [0.2, 0.25) is 0 Å². The molecule has 1 aromatic rings. The lowest BCUT2D eigenvalue weighted by Crippen LogP contribution is -2.59. The molecule has 23 heavy (non-hydrogen) atoms. The molecular weight excluding hydrogens is 293 g/mol. The Bertz CT molecular complexity index is 505. The zero-order chi connectivity index (χ0) is 16.8. The molecule has 0 radical (unpaired) electrons. The van der Waals surface area contributed by atoms with E-state index in [2.05, 4.69) is 24.1 Å². The third kappa shape index (κ3) is 4.93. The highest BCUT2D eigenvalue weighted by Crippen LogP contribution is 2.16. The molecule has 0 aromatic heterocycles. The maximum atomic E-state index is 12.9. The average Bonchev–Trinajstić information content (AvgIpc) is 2.55. The van der Waals surface area contributed by atoms with Gasteiger partial charge in [-0.2, -0.15) is 0 Å². The van der Waals surface area contributed by atoms with Crippen LogP contribution in [0.3, 0.4) is 0 Å². The van der Waals surface area contributed by atoms with E-state index < -0.39 is 0 Å². The van der Waals surface area contributed by atoms with Gasteiger partial charge in [0.05, 0.1) is 0 Å². The summed E-state index contributed by atoms with van der Waals surface area (Å²) in [5, 5.41) is 2.72. The Labute approximate surface area is 138 Å². The van der Waals surface area contributed by atoms with Crippen molar-refractivity contribution < 1.29 is 9.18 Å². The number of carbonyl (C=O) groups is 1. The molecule has 0 saturated carbocycles. The third-order valence-corrected chi connectivity index (χ3v) is 4.66. The fourth-order valence-electron chi connectivity index (χ4n) is 3.23. The van der Waals surface area contributed by atoms with Gasteiger partial charge in [-0.25, -0.2) is 9.18 Å². The van der Waals surface area contributed by atoms with Crippen molar-refractivity contribution in [2.75, 3.05) is 26.7 Å². The SMILES string of the molecule is CNC(=O)N1C[C@H](C)N(CCCCc2ccc(F)cc2)C[C@H]1C. The third-order valence-electron chi connectivity index (χ3n) is 4.66. The number of nitrogens with zero attached hydrogens (tertiary/aromatic N) is 2. The van der Waals surface area contributed by atoms with Crippen LogP contribution in [0, 0.1) is 5.82 Å². The van der Waals surface area contributed by atoms with E-state index in [-0.39, 0.29) is 17.9 Å². The summed E-state index contributed by atoms with van der Waals surface area (Å²) in [7, 11) is 1.68. The number of hydrogen-bond acceptors (Lipinski definition) is 2. The van der Waals surface area contributed by atoms with Gasteiger partial charge in [-0.1, -0.05) is 12.1 Å². The molecule has 1 N–H and O–H groups in total. The van der Waals surface area contributed by atoms with Crippen LogP contribution in [0.2, 0.25) is 0 Å². The quantitative estimate of drug-likeness (QED) is 0.847. The Balaban J connectivity index is 1.73. The first kappa shape index (κ1) is 17.7. The normalized spacial score (nSPS) is 22.2. The fourth-order valence-corrected chi connectivity index (χ4v) is 3.23. The van der Waals surface area contributed by atoms with Gasteiger partial charge in [0.1, 0.15) is 5.82 Å². The van der Waals surface area contributed by atoms with Crippen LogP contribution < -0.4 is 5.32 Å². The van der Waals surface area contributed by atoms with Crippen molar-refractivity contribution in [3.63, 3.8) is 0 Å². The Morgan fingerprint density at radius 2 is 1.87 bits per heavy atom. The number of amides is 2. The van der Waals surface area contributed by atoms with Crippen LogP contribution in [-0.4, -0.2) is 54.6 Å². The number of rotatable bonds is 5. The maximum absolute atomic E-state index is 12.9. The standard InChI is InChI=1S/C18H28FN3O/c1-14-13-22(18(23)20-3)15(2)12-21(14)11-5-4-6-16-7-9-17(19)10-8-16/h7-10,14-15H,4-6,11-13H2,1-3H3,(H,20,23)/t14-,15+/m0/s1. The summed E-state index contributed by atoms with van der Waals surface area (Å²) >= 11 is 0. The van der Waals surface area contributed by atoms with Crippen molar-refractivity contribution in [3.8, 4) is 0 Å². The van der Waals surface area contributed by atoms with Gasteiger partial charge in [-0.05, 0) is 57.4 Å². The van der Waals surface area contributed by atoms with Gasteiger partial charge in [0.25, 0.3) is 0 Å². The molecule has 2 rings (SSSR count). The molecule has 1 saturated heterocycles. The fraction of sp³-hybridized carbons (Fsp3) is 0.611. The largest absolute Gasteiger partial charge is 0.341 e. The highest BCUT2D eigenvalue weighted by atomic mass is 19.1. The summed E-state index contributed by atoms with van der Waals surface area (Å²) in [5.41, 5.74) is 1.19. The summed E-state index contributed by atoms with van der Waals surface area (Å²) in [6.45, 7) is 7.03. The lowest BCUT2D eigenvalue weighted by atomic mass is 10.1. The van der Waals surface area contributed by atoms with Crippen molar-refractivity contribution in [2.45, 2.75) is 45.2 Å². The van der Waals surface area contributed by atoms with Gasteiger partial charge in [0.15, 0.2) is 0 Å². The predicted octanol–water partition coefficient (Wildman–Crippen LogP) is 2.88. The molecular formula is C18H28FN3O. The molecule has 2 amide bonds. The number of benzene rings is 1. The van der Waals surface area contributed by atoms with Crippen LogP contribution in [0.25, 0.3) is 0 Å². The Morgan fingerprint density at radius 3 is 2.52 bits per heavy atom. The summed E-state index contributed by atoms with van der Waals surface area (Å²) in [4.78, 5) is 16.2. The highest BCUT2D eigenvalue weighted by molar-refractivity contribution is 5.74. The maximum Gasteiger partial charge on any atom is 0.317 e.